The topological polar surface area (TPSA) is 85.0 Å². The number of halogens is 1. The monoisotopic (exact) mass is 323 g/mol. The number of rotatable bonds is 3. The number of benzene rings is 1. The van der Waals surface area contributed by atoms with Crippen molar-refractivity contribution in [1.82, 2.24) is 9.78 Å². The predicted octanol–water partition coefficient (Wildman–Crippen LogP) is 2.29. The molecule has 0 spiro atoms. The molecule has 0 atom stereocenters. The van der Waals surface area contributed by atoms with E-state index in [1.54, 1.807) is 19.3 Å². The predicted molar refractivity (Wildman–Crippen MR) is 87.8 cm³/mol. The summed E-state index contributed by atoms with van der Waals surface area (Å²) in [6, 6.07) is 5.50. The average molecular weight is 324 g/mol. The van der Waals surface area contributed by atoms with Gasteiger partial charge >= 0.3 is 0 Å². The van der Waals surface area contributed by atoms with E-state index in [4.69, 9.17) is 29.6 Å². The Bertz CT molecular complexity index is 713. The number of thiocarbonyl (C=S) groups is 1. The minimum atomic E-state index is -0.626. The third-order valence-corrected chi connectivity index (χ3v) is 3.35. The van der Waals surface area contributed by atoms with Gasteiger partial charge in [-0.1, -0.05) is 17.7 Å². The van der Waals surface area contributed by atoms with E-state index in [1.165, 1.54) is 4.68 Å². The molecule has 0 aliphatic heterocycles. The lowest BCUT2D eigenvalue weighted by Crippen LogP contribution is -2.21. The Morgan fingerprint density at radius 2 is 2.14 bits per heavy atom. The minimum Gasteiger partial charge on any atom is -0.364 e. The van der Waals surface area contributed by atoms with Crippen molar-refractivity contribution in [1.29, 1.82) is 0 Å². The van der Waals surface area contributed by atoms with Crippen LogP contribution in [0.25, 0.3) is 0 Å². The highest BCUT2D eigenvalue weighted by atomic mass is 35.5. The van der Waals surface area contributed by atoms with Gasteiger partial charge in [-0.15, -0.1) is 0 Å². The highest BCUT2D eigenvalue weighted by Gasteiger charge is 2.14. The molecule has 2 aromatic rings. The molecule has 0 bridgehead atoms. The zero-order chi connectivity index (χ0) is 15.6. The number of nitrogens with two attached hydrogens (primary N) is 1. The van der Waals surface area contributed by atoms with Crippen molar-refractivity contribution in [2.45, 2.75) is 6.92 Å². The number of primary amides is 1. The van der Waals surface area contributed by atoms with Gasteiger partial charge in [0, 0.05) is 24.0 Å². The van der Waals surface area contributed by atoms with Crippen LogP contribution >= 0.6 is 23.8 Å². The number of amides is 1. The first-order chi connectivity index (χ1) is 9.86. The van der Waals surface area contributed by atoms with Crippen LogP contribution < -0.4 is 16.4 Å². The molecule has 0 saturated carbocycles. The molecule has 1 amide bonds. The van der Waals surface area contributed by atoms with Gasteiger partial charge in [-0.05, 0) is 36.8 Å². The van der Waals surface area contributed by atoms with Gasteiger partial charge < -0.3 is 16.4 Å². The largest absolute Gasteiger partial charge is 0.364 e. The number of hydrogen-bond donors (Lipinski definition) is 3. The zero-order valence-electron chi connectivity index (χ0n) is 11.5. The van der Waals surface area contributed by atoms with E-state index in [0.29, 0.717) is 15.8 Å². The summed E-state index contributed by atoms with van der Waals surface area (Å²) in [5.41, 5.74) is 7.55. The fraction of sp³-hybridized carbons (Fsp3) is 0.154. The fourth-order valence-electron chi connectivity index (χ4n) is 1.72. The number of anilines is 2. The van der Waals surface area contributed by atoms with E-state index in [1.807, 2.05) is 19.1 Å². The number of nitrogens with one attached hydrogen (secondary N) is 2. The first-order valence-corrected chi connectivity index (χ1v) is 6.83. The maximum absolute atomic E-state index is 11.3. The Hall–Kier alpha value is -2.12. The quantitative estimate of drug-likeness (QED) is 0.755. The van der Waals surface area contributed by atoms with Crippen molar-refractivity contribution < 1.29 is 4.79 Å². The van der Waals surface area contributed by atoms with Gasteiger partial charge in [0.05, 0.1) is 5.69 Å². The molecule has 21 heavy (non-hydrogen) atoms. The first kappa shape index (κ1) is 15.3. The summed E-state index contributed by atoms with van der Waals surface area (Å²) >= 11 is 11.2. The number of hydrogen-bond acceptors (Lipinski definition) is 3. The Morgan fingerprint density at radius 1 is 1.43 bits per heavy atom. The maximum atomic E-state index is 11.3. The molecule has 8 heteroatoms. The highest BCUT2D eigenvalue weighted by molar-refractivity contribution is 7.80. The molecule has 4 N–H and O–H groups in total. The molecular formula is C13H14ClN5OS. The number of nitrogens with zero attached hydrogens (tertiary/aromatic N) is 2. The van der Waals surface area contributed by atoms with Crippen molar-refractivity contribution in [3.63, 3.8) is 0 Å². The van der Waals surface area contributed by atoms with Gasteiger partial charge in [-0.3, -0.25) is 9.48 Å². The van der Waals surface area contributed by atoms with Gasteiger partial charge in [0.1, 0.15) is 0 Å². The summed E-state index contributed by atoms with van der Waals surface area (Å²) in [5.74, 6) is -0.626. The molecule has 1 aromatic heterocycles. The standard InChI is InChI=1S/C13H14ClN5OS/c1-7-3-4-8(5-9(7)14)16-13(21)17-10-6-19(2)18-11(10)12(15)20/h3-6H,1-2H3,(H2,15,20)(H2,16,17,21). The molecule has 0 radical (unpaired) electrons. The lowest BCUT2D eigenvalue weighted by molar-refractivity contribution is 0.0995. The summed E-state index contributed by atoms with van der Waals surface area (Å²) in [6.45, 7) is 1.91. The lowest BCUT2D eigenvalue weighted by Gasteiger charge is -2.10. The van der Waals surface area contributed by atoms with E-state index in [0.717, 1.165) is 11.3 Å². The zero-order valence-corrected chi connectivity index (χ0v) is 13.0. The SMILES string of the molecule is Cc1ccc(NC(=S)Nc2cn(C)nc2C(N)=O)cc1Cl. The highest BCUT2D eigenvalue weighted by Crippen LogP contribution is 2.20. The van der Waals surface area contributed by atoms with Crippen LogP contribution in [0.1, 0.15) is 16.1 Å². The van der Waals surface area contributed by atoms with E-state index in [2.05, 4.69) is 15.7 Å². The summed E-state index contributed by atoms with van der Waals surface area (Å²) < 4.78 is 1.48. The number of aromatic nitrogens is 2. The second kappa shape index (κ2) is 6.11. The van der Waals surface area contributed by atoms with Crippen molar-refractivity contribution in [2.75, 3.05) is 10.6 Å². The molecule has 6 nitrogen and oxygen atoms in total. The van der Waals surface area contributed by atoms with Crippen molar-refractivity contribution in [3.05, 3.63) is 40.7 Å². The third-order valence-electron chi connectivity index (χ3n) is 2.74. The molecule has 0 saturated heterocycles. The Morgan fingerprint density at radius 3 is 2.76 bits per heavy atom. The molecular weight excluding hydrogens is 310 g/mol. The van der Waals surface area contributed by atoms with Crippen molar-refractivity contribution in [2.24, 2.45) is 12.8 Å². The molecule has 1 aromatic carbocycles. The van der Waals surface area contributed by atoms with E-state index in [-0.39, 0.29) is 5.69 Å². The van der Waals surface area contributed by atoms with Gasteiger partial charge in [-0.25, -0.2) is 0 Å². The Kier molecular flexibility index (Phi) is 4.44. The minimum absolute atomic E-state index is 0.128. The van der Waals surface area contributed by atoms with Crippen molar-refractivity contribution in [3.8, 4) is 0 Å². The first-order valence-electron chi connectivity index (χ1n) is 6.04. The number of carbonyl (C=O) groups is 1. The average Bonchev–Trinajstić information content (AvgIpc) is 2.75. The molecule has 110 valence electrons. The van der Waals surface area contributed by atoms with Crippen LogP contribution in [0.3, 0.4) is 0 Å². The van der Waals surface area contributed by atoms with Crippen LogP contribution in [0, 0.1) is 6.92 Å². The number of aryl methyl sites for hydroxylation is 2. The summed E-state index contributed by atoms with van der Waals surface area (Å²) in [7, 11) is 1.69. The van der Waals surface area contributed by atoms with Crippen molar-refractivity contribution >= 4 is 46.2 Å². The van der Waals surface area contributed by atoms with Crippen LogP contribution in [-0.2, 0) is 7.05 Å². The third kappa shape index (κ3) is 3.71. The Labute approximate surface area is 132 Å². The molecule has 2 rings (SSSR count). The fourth-order valence-corrected chi connectivity index (χ4v) is 2.13. The summed E-state index contributed by atoms with van der Waals surface area (Å²) in [6.07, 6.45) is 1.62. The van der Waals surface area contributed by atoms with Crippen LogP contribution in [0.15, 0.2) is 24.4 Å². The van der Waals surface area contributed by atoms with Crippen LogP contribution in [0.2, 0.25) is 5.02 Å². The second-order valence-corrected chi connectivity index (χ2v) is 5.29. The van der Waals surface area contributed by atoms with Gasteiger partial charge in [-0.2, -0.15) is 5.10 Å². The van der Waals surface area contributed by atoms with Crippen LogP contribution in [0.4, 0.5) is 11.4 Å². The summed E-state index contributed by atoms with van der Waals surface area (Å²) in [5, 5.41) is 10.8. The van der Waals surface area contributed by atoms with E-state index >= 15 is 0 Å². The normalized spacial score (nSPS) is 10.2. The lowest BCUT2D eigenvalue weighted by atomic mass is 10.2. The molecule has 0 aliphatic rings. The molecule has 0 aliphatic carbocycles. The van der Waals surface area contributed by atoms with Gasteiger partial charge in [0.2, 0.25) is 0 Å². The Balaban J connectivity index is 2.11. The molecule has 0 unspecified atom stereocenters. The van der Waals surface area contributed by atoms with Gasteiger partial charge in [0.15, 0.2) is 10.8 Å². The summed E-state index contributed by atoms with van der Waals surface area (Å²) in [4.78, 5) is 11.3. The van der Waals surface area contributed by atoms with Crippen LogP contribution in [0.5, 0.6) is 0 Å². The number of carbonyl (C=O) groups excluding carboxylic acids is 1. The van der Waals surface area contributed by atoms with Gasteiger partial charge in [0.25, 0.3) is 5.91 Å². The van der Waals surface area contributed by atoms with E-state index in [9.17, 15) is 4.79 Å². The molecule has 0 fully saturated rings. The van der Waals surface area contributed by atoms with E-state index < -0.39 is 5.91 Å². The second-order valence-electron chi connectivity index (χ2n) is 4.47. The molecule has 1 heterocycles. The maximum Gasteiger partial charge on any atom is 0.271 e. The smallest absolute Gasteiger partial charge is 0.271 e. The van der Waals surface area contributed by atoms with Crippen LogP contribution in [-0.4, -0.2) is 20.8 Å².